The normalized spacial score (nSPS) is 10.4. The van der Waals surface area contributed by atoms with Gasteiger partial charge in [0.2, 0.25) is 5.91 Å². The van der Waals surface area contributed by atoms with Crippen molar-refractivity contribution in [2.45, 2.75) is 13.0 Å². The highest BCUT2D eigenvalue weighted by Crippen LogP contribution is 2.23. The number of hydrogen-bond donors (Lipinski definition) is 1. The number of hydrogen-bond acceptors (Lipinski definition) is 2. The van der Waals surface area contributed by atoms with E-state index < -0.39 is 0 Å². The van der Waals surface area contributed by atoms with Gasteiger partial charge in [0.05, 0.1) is 16.5 Å². The predicted octanol–water partition coefficient (Wildman–Crippen LogP) is 3.78. The quantitative estimate of drug-likeness (QED) is 0.871. The van der Waals surface area contributed by atoms with Gasteiger partial charge in [0, 0.05) is 19.3 Å². The molecule has 0 aliphatic heterocycles. The third-order valence-electron chi connectivity index (χ3n) is 3.16. The number of halogens is 2. The molecule has 2 aromatic carbocycles. The SMILES string of the molecule is CN(Cc1ccc(N)cc1)C(=O)Cc1ccc(Cl)c(Cl)c1. The van der Waals surface area contributed by atoms with Crippen LogP contribution in [0.15, 0.2) is 42.5 Å². The molecule has 0 saturated heterocycles. The van der Waals surface area contributed by atoms with Gasteiger partial charge in [0.25, 0.3) is 0 Å². The van der Waals surface area contributed by atoms with Crippen LogP contribution in [0.3, 0.4) is 0 Å². The predicted molar refractivity (Wildman–Crippen MR) is 87.5 cm³/mol. The molecule has 2 N–H and O–H groups in total. The molecule has 0 saturated carbocycles. The van der Waals surface area contributed by atoms with Crippen LogP contribution in [0.2, 0.25) is 10.0 Å². The minimum Gasteiger partial charge on any atom is -0.399 e. The number of carbonyl (C=O) groups is 1. The molecule has 0 fully saturated rings. The molecule has 0 aromatic heterocycles. The van der Waals surface area contributed by atoms with Crippen LogP contribution in [0.5, 0.6) is 0 Å². The number of nitrogens with zero attached hydrogens (tertiary/aromatic N) is 1. The van der Waals surface area contributed by atoms with Gasteiger partial charge in [-0.25, -0.2) is 0 Å². The lowest BCUT2D eigenvalue weighted by Crippen LogP contribution is -2.27. The summed E-state index contributed by atoms with van der Waals surface area (Å²) in [5.74, 6) is 0.0187. The molecule has 3 nitrogen and oxygen atoms in total. The van der Waals surface area contributed by atoms with E-state index >= 15 is 0 Å². The van der Waals surface area contributed by atoms with Gasteiger partial charge in [-0.1, -0.05) is 41.4 Å². The molecular weight excluding hydrogens is 307 g/mol. The molecule has 0 radical (unpaired) electrons. The molecular formula is C16H16Cl2N2O. The smallest absolute Gasteiger partial charge is 0.227 e. The number of nitrogen functional groups attached to an aromatic ring is 1. The van der Waals surface area contributed by atoms with Crippen molar-refractivity contribution in [3.8, 4) is 0 Å². The van der Waals surface area contributed by atoms with Crippen LogP contribution in [-0.4, -0.2) is 17.9 Å². The van der Waals surface area contributed by atoms with E-state index in [2.05, 4.69) is 0 Å². The first-order valence-corrected chi connectivity index (χ1v) is 7.23. The van der Waals surface area contributed by atoms with Gasteiger partial charge in [-0.05, 0) is 35.4 Å². The van der Waals surface area contributed by atoms with Crippen LogP contribution in [0.4, 0.5) is 5.69 Å². The summed E-state index contributed by atoms with van der Waals surface area (Å²) in [6, 6.07) is 12.7. The van der Waals surface area contributed by atoms with Crippen LogP contribution in [0.1, 0.15) is 11.1 Å². The molecule has 0 bridgehead atoms. The molecule has 0 spiro atoms. The molecule has 0 aliphatic rings. The number of likely N-dealkylation sites (N-methyl/N-ethyl adjacent to an activating group) is 1. The van der Waals surface area contributed by atoms with Crippen molar-refractivity contribution in [2.75, 3.05) is 12.8 Å². The summed E-state index contributed by atoms with van der Waals surface area (Å²) >= 11 is 11.8. The Bertz CT molecular complexity index is 641. The van der Waals surface area contributed by atoms with E-state index in [4.69, 9.17) is 28.9 Å². The second-order valence-electron chi connectivity index (χ2n) is 4.92. The van der Waals surface area contributed by atoms with E-state index in [1.807, 2.05) is 30.3 Å². The van der Waals surface area contributed by atoms with Gasteiger partial charge in [-0.3, -0.25) is 4.79 Å². The number of anilines is 1. The largest absolute Gasteiger partial charge is 0.399 e. The molecule has 0 aliphatic carbocycles. The molecule has 0 atom stereocenters. The van der Waals surface area contributed by atoms with Crippen molar-refractivity contribution in [3.63, 3.8) is 0 Å². The first kappa shape index (κ1) is 15.7. The minimum absolute atomic E-state index is 0.0187. The summed E-state index contributed by atoms with van der Waals surface area (Å²) in [6.07, 6.45) is 0.294. The Morgan fingerprint density at radius 1 is 1.05 bits per heavy atom. The van der Waals surface area contributed by atoms with Gasteiger partial charge >= 0.3 is 0 Å². The summed E-state index contributed by atoms with van der Waals surface area (Å²) < 4.78 is 0. The van der Waals surface area contributed by atoms with Crippen molar-refractivity contribution in [2.24, 2.45) is 0 Å². The lowest BCUT2D eigenvalue weighted by Gasteiger charge is -2.17. The minimum atomic E-state index is 0.0187. The number of carbonyl (C=O) groups excluding carboxylic acids is 1. The van der Waals surface area contributed by atoms with E-state index in [1.54, 1.807) is 24.1 Å². The van der Waals surface area contributed by atoms with Crippen LogP contribution < -0.4 is 5.73 Å². The summed E-state index contributed by atoms with van der Waals surface area (Å²) in [5, 5.41) is 0.950. The van der Waals surface area contributed by atoms with E-state index in [1.165, 1.54) is 0 Å². The topological polar surface area (TPSA) is 46.3 Å². The first-order chi connectivity index (χ1) is 9.95. The van der Waals surface area contributed by atoms with Crippen LogP contribution in [0.25, 0.3) is 0 Å². The van der Waals surface area contributed by atoms with Crippen LogP contribution in [0, 0.1) is 0 Å². The number of benzene rings is 2. The Balaban J connectivity index is 1.98. The van der Waals surface area contributed by atoms with Gasteiger partial charge in [0.1, 0.15) is 0 Å². The maximum atomic E-state index is 12.2. The Kier molecular flexibility index (Phi) is 5.10. The van der Waals surface area contributed by atoms with Crippen LogP contribution >= 0.6 is 23.2 Å². The third kappa shape index (κ3) is 4.38. The summed E-state index contributed by atoms with van der Waals surface area (Å²) in [4.78, 5) is 13.9. The van der Waals surface area contributed by atoms with Crippen molar-refractivity contribution >= 4 is 34.8 Å². The Labute approximate surface area is 134 Å². The number of amides is 1. The second-order valence-corrected chi connectivity index (χ2v) is 5.73. The summed E-state index contributed by atoms with van der Waals surface area (Å²) in [6.45, 7) is 0.542. The highest BCUT2D eigenvalue weighted by atomic mass is 35.5. The lowest BCUT2D eigenvalue weighted by molar-refractivity contribution is -0.129. The van der Waals surface area contributed by atoms with E-state index in [0.717, 1.165) is 11.1 Å². The molecule has 0 heterocycles. The monoisotopic (exact) mass is 322 g/mol. The zero-order valence-corrected chi connectivity index (χ0v) is 13.2. The zero-order valence-electron chi connectivity index (χ0n) is 11.6. The molecule has 0 unspecified atom stereocenters. The molecule has 110 valence electrons. The maximum Gasteiger partial charge on any atom is 0.227 e. The average Bonchev–Trinajstić information content (AvgIpc) is 2.45. The molecule has 2 rings (SSSR count). The van der Waals surface area contributed by atoms with E-state index in [-0.39, 0.29) is 5.91 Å². The van der Waals surface area contributed by atoms with Crippen molar-refractivity contribution in [1.82, 2.24) is 4.90 Å². The highest BCUT2D eigenvalue weighted by molar-refractivity contribution is 6.42. The van der Waals surface area contributed by atoms with Crippen molar-refractivity contribution in [3.05, 3.63) is 63.6 Å². The van der Waals surface area contributed by atoms with Gasteiger partial charge in [0.15, 0.2) is 0 Å². The molecule has 21 heavy (non-hydrogen) atoms. The van der Waals surface area contributed by atoms with E-state index in [0.29, 0.717) is 28.7 Å². The van der Waals surface area contributed by atoms with Gasteiger partial charge in [-0.2, -0.15) is 0 Å². The van der Waals surface area contributed by atoms with Crippen molar-refractivity contribution < 1.29 is 4.79 Å². The second kappa shape index (κ2) is 6.83. The Morgan fingerprint density at radius 2 is 1.67 bits per heavy atom. The first-order valence-electron chi connectivity index (χ1n) is 6.48. The fourth-order valence-electron chi connectivity index (χ4n) is 1.94. The maximum absolute atomic E-state index is 12.2. The van der Waals surface area contributed by atoms with Crippen molar-refractivity contribution in [1.29, 1.82) is 0 Å². The number of rotatable bonds is 4. The molecule has 2 aromatic rings. The van der Waals surface area contributed by atoms with Gasteiger partial charge in [-0.15, -0.1) is 0 Å². The van der Waals surface area contributed by atoms with Gasteiger partial charge < -0.3 is 10.6 Å². The summed E-state index contributed by atoms with van der Waals surface area (Å²) in [5.41, 5.74) is 8.24. The molecule has 1 amide bonds. The Morgan fingerprint density at radius 3 is 2.29 bits per heavy atom. The van der Waals surface area contributed by atoms with E-state index in [9.17, 15) is 4.79 Å². The lowest BCUT2D eigenvalue weighted by atomic mass is 10.1. The summed E-state index contributed by atoms with van der Waals surface area (Å²) in [7, 11) is 1.77. The fraction of sp³-hybridized carbons (Fsp3) is 0.188. The third-order valence-corrected chi connectivity index (χ3v) is 3.90. The highest BCUT2D eigenvalue weighted by Gasteiger charge is 2.11. The fourth-order valence-corrected chi connectivity index (χ4v) is 2.26. The average molecular weight is 323 g/mol. The number of nitrogens with two attached hydrogens (primary N) is 1. The van der Waals surface area contributed by atoms with Crippen LogP contribution in [-0.2, 0) is 17.8 Å². The Hall–Kier alpha value is -1.71. The standard InChI is InChI=1S/C16H16Cl2N2O/c1-20(10-11-2-5-13(19)6-3-11)16(21)9-12-4-7-14(17)15(18)8-12/h2-8H,9-10,19H2,1H3. The molecule has 5 heteroatoms. The zero-order chi connectivity index (χ0) is 15.4.